The molecule has 0 radical (unpaired) electrons. The Kier molecular flexibility index (Phi) is 13.3. The number of carbonyl (C=O) groups is 2. The van der Waals surface area contributed by atoms with Gasteiger partial charge in [0.25, 0.3) is 0 Å². The first-order chi connectivity index (χ1) is 20.5. The fourth-order valence-corrected chi connectivity index (χ4v) is 7.07. The van der Waals surface area contributed by atoms with E-state index >= 15 is 0 Å². The number of rotatable bonds is 16. The summed E-state index contributed by atoms with van der Waals surface area (Å²) in [5, 5.41) is 0. The average molecular weight is 607 g/mol. The van der Waals surface area contributed by atoms with Crippen LogP contribution >= 0.6 is 0 Å². The molecule has 44 heavy (non-hydrogen) atoms. The minimum absolute atomic E-state index is 0.205. The van der Waals surface area contributed by atoms with E-state index in [1.807, 2.05) is 55.4 Å². The molecule has 0 amide bonds. The Labute approximate surface area is 269 Å². The van der Waals surface area contributed by atoms with Gasteiger partial charge in [0.05, 0.1) is 11.3 Å². The minimum Gasteiger partial charge on any atom is -0.459 e. The van der Waals surface area contributed by atoms with Gasteiger partial charge in [-0.1, -0.05) is 79.2 Å². The van der Waals surface area contributed by atoms with E-state index in [1.54, 1.807) is 0 Å². The highest BCUT2D eigenvalue weighted by Gasteiger charge is 2.42. The van der Waals surface area contributed by atoms with Gasteiger partial charge >= 0.3 is 11.9 Å². The molecule has 0 aromatic heterocycles. The van der Waals surface area contributed by atoms with Crippen molar-refractivity contribution >= 4 is 11.9 Å². The maximum atomic E-state index is 13.6. The van der Waals surface area contributed by atoms with Gasteiger partial charge in [-0.25, -0.2) is 0 Å². The van der Waals surface area contributed by atoms with Crippen molar-refractivity contribution in [3.05, 3.63) is 63.2 Å². The third-order valence-corrected chi connectivity index (χ3v) is 10.4. The van der Waals surface area contributed by atoms with E-state index in [9.17, 15) is 9.59 Å². The van der Waals surface area contributed by atoms with E-state index in [0.717, 1.165) is 30.4 Å². The zero-order valence-corrected chi connectivity index (χ0v) is 30.4. The van der Waals surface area contributed by atoms with Crippen LogP contribution in [0, 0.1) is 39.0 Å². The third-order valence-electron chi connectivity index (χ3n) is 10.4. The Bertz CT molecular complexity index is 1240. The van der Waals surface area contributed by atoms with Gasteiger partial charge < -0.3 is 9.47 Å². The van der Waals surface area contributed by atoms with E-state index < -0.39 is 16.9 Å². The lowest BCUT2D eigenvalue weighted by molar-refractivity contribution is -0.172. The van der Waals surface area contributed by atoms with Crippen molar-refractivity contribution in [2.75, 3.05) is 0 Å². The average Bonchev–Trinajstić information content (AvgIpc) is 2.95. The Morgan fingerprint density at radius 3 is 1.64 bits per heavy atom. The predicted octanol–water partition coefficient (Wildman–Crippen LogP) is 10.8. The molecule has 246 valence electrons. The van der Waals surface area contributed by atoms with Crippen LogP contribution in [0.15, 0.2) is 24.3 Å². The van der Waals surface area contributed by atoms with Gasteiger partial charge in [0.2, 0.25) is 0 Å². The van der Waals surface area contributed by atoms with Crippen molar-refractivity contribution in [3.8, 4) is 5.75 Å². The highest BCUT2D eigenvalue weighted by molar-refractivity contribution is 5.80. The molecule has 0 heterocycles. The molecule has 2 aromatic rings. The summed E-state index contributed by atoms with van der Waals surface area (Å²) in [6.45, 7) is 27.4. The first-order valence-electron chi connectivity index (χ1n) is 17.2. The largest absolute Gasteiger partial charge is 0.459 e. The molecule has 0 N–H and O–H groups in total. The lowest BCUT2D eigenvalue weighted by atomic mass is 9.72. The topological polar surface area (TPSA) is 52.6 Å². The molecule has 0 spiro atoms. The van der Waals surface area contributed by atoms with Crippen LogP contribution in [0.5, 0.6) is 5.75 Å². The van der Waals surface area contributed by atoms with Gasteiger partial charge in [-0.05, 0) is 137 Å². The summed E-state index contributed by atoms with van der Waals surface area (Å²) in [5.41, 5.74) is 7.64. The molecule has 0 bridgehead atoms. The van der Waals surface area contributed by atoms with Crippen molar-refractivity contribution in [2.45, 2.75) is 159 Å². The van der Waals surface area contributed by atoms with Crippen LogP contribution in [0.1, 0.15) is 153 Å². The molecule has 4 nitrogen and oxygen atoms in total. The summed E-state index contributed by atoms with van der Waals surface area (Å²) >= 11 is 0. The molecule has 0 fully saturated rings. The Morgan fingerprint density at radius 2 is 1.23 bits per heavy atom. The van der Waals surface area contributed by atoms with Crippen LogP contribution in [-0.2, 0) is 26.2 Å². The van der Waals surface area contributed by atoms with E-state index in [2.05, 4.69) is 58.9 Å². The molecule has 2 unspecified atom stereocenters. The Hall–Kier alpha value is -2.62. The van der Waals surface area contributed by atoms with Gasteiger partial charge in [0, 0.05) is 0 Å². The molecular weight excluding hydrogens is 544 g/mol. The number of ether oxygens (including phenoxy) is 2. The highest BCUT2D eigenvalue weighted by Crippen LogP contribution is 2.40. The number of aryl methyl sites for hydroxylation is 4. The molecular formula is C40H62O4. The monoisotopic (exact) mass is 606 g/mol. The van der Waals surface area contributed by atoms with Crippen molar-refractivity contribution in [2.24, 2.45) is 11.3 Å². The Balaban J connectivity index is 2.29. The third kappa shape index (κ3) is 8.76. The van der Waals surface area contributed by atoms with Crippen LogP contribution in [0.3, 0.4) is 0 Å². The van der Waals surface area contributed by atoms with Gasteiger partial charge in [-0.3, -0.25) is 9.59 Å². The second-order valence-corrected chi connectivity index (χ2v) is 14.2. The van der Waals surface area contributed by atoms with Gasteiger partial charge in [0.15, 0.2) is 0 Å². The minimum atomic E-state index is -0.711. The summed E-state index contributed by atoms with van der Waals surface area (Å²) in [5.74, 6) is -0.239. The molecule has 0 aliphatic rings. The van der Waals surface area contributed by atoms with E-state index in [1.165, 1.54) is 40.7 Å². The summed E-state index contributed by atoms with van der Waals surface area (Å²) in [6.07, 6.45) is 7.35. The first-order valence-corrected chi connectivity index (χ1v) is 17.2. The van der Waals surface area contributed by atoms with Gasteiger partial charge in [0.1, 0.15) is 11.4 Å². The summed E-state index contributed by atoms with van der Waals surface area (Å²) in [4.78, 5) is 27.0. The van der Waals surface area contributed by atoms with Crippen LogP contribution < -0.4 is 4.74 Å². The van der Waals surface area contributed by atoms with Crippen LogP contribution in [-0.4, -0.2) is 17.5 Å². The zero-order valence-electron chi connectivity index (χ0n) is 30.4. The number of esters is 2. The normalized spacial score (nSPS) is 14.2. The number of hydrogen-bond donors (Lipinski definition) is 0. The van der Waals surface area contributed by atoms with E-state index in [0.29, 0.717) is 31.4 Å². The summed E-state index contributed by atoms with van der Waals surface area (Å²) < 4.78 is 12.0. The van der Waals surface area contributed by atoms with E-state index in [4.69, 9.17) is 9.47 Å². The van der Waals surface area contributed by atoms with Gasteiger partial charge in [-0.15, -0.1) is 0 Å². The number of benzene rings is 2. The fourth-order valence-electron chi connectivity index (χ4n) is 7.07. The molecule has 2 atom stereocenters. The van der Waals surface area contributed by atoms with Crippen LogP contribution in [0.4, 0.5) is 0 Å². The van der Waals surface area contributed by atoms with E-state index in [-0.39, 0.29) is 17.4 Å². The number of hydrogen-bond acceptors (Lipinski definition) is 4. The van der Waals surface area contributed by atoms with Crippen molar-refractivity contribution in [1.29, 1.82) is 0 Å². The van der Waals surface area contributed by atoms with Crippen LogP contribution in [0.2, 0.25) is 0 Å². The molecule has 0 saturated heterocycles. The molecule has 2 aromatic carbocycles. The molecule has 0 saturated carbocycles. The maximum absolute atomic E-state index is 13.6. The predicted molar refractivity (Wildman–Crippen MR) is 185 cm³/mol. The van der Waals surface area contributed by atoms with Crippen LogP contribution in [0.25, 0.3) is 0 Å². The highest BCUT2D eigenvalue weighted by atomic mass is 16.6. The fraction of sp³-hybridized carbons (Fsp3) is 0.650. The summed E-state index contributed by atoms with van der Waals surface area (Å²) in [7, 11) is 0. The molecule has 0 aliphatic heterocycles. The number of carbonyl (C=O) groups excluding carboxylic acids is 2. The standard InChI is InChI=1S/C40H62O4/c1-14-20-39(13,17-4)34-27(7)21-31(22-28(34)8)25-32-23-29(9)35(30(10)24-32)43-36(41)33(15-2)26-40(18-5,19-6)37(42)44-38(11,12)16-3/h21-24,33H,14-20,25-26H2,1-13H3. The van der Waals surface area contributed by atoms with Crippen molar-refractivity contribution < 1.29 is 19.1 Å². The lowest BCUT2D eigenvalue weighted by Crippen LogP contribution is -2.41. The zero-order chi connectivity index (χ0) is 33.5. The molecule has 4 heteroatoms. The van der Waals surface area contributed by atoms with Gasteiger partial charge in [-0.2, -0.15) is 0 Å². The second-order valence-electron chi connectivity index (χ2n) is 14.2. The van der Waals surface area contributed by atoms with Crippen molar-refractivity contribution in [1.82, 2.24) is 0 Å². The lowest BCUT2D eigenvalue weighted by Gasteiger charge is -2.35. The quantitative estimate of drug-likeness (QED) is 0.141. The molecule has 2 rings (SSSR count). The second kappa shape index (κ2) is 15.6. The summed E-state index contributed by atoms with van der Waals surface area (Å²) in [6, 6.07) is 9.01. The maximum Gasteiger partial charge on any atom is 0.314 e. The first kappa shape index (κ1) is 37.6. The smallest absolute Gasteiger partial charge is 0.314 e. The molecule has 0 aliphatic carbocycles. The SMILES string of the molecule is CCCC(C)(CC)c1c(C)cc(Cc2cc(C)c(OC(=O)C(CC)CC(CC)(CC)C(=O)OC(C)(C)CC)c(C)c2)cc1C. The van der Waals surface area contributed by atoms with Crippen molar-refractivity contribution in [3.63, 3.8) is 0 Å². The Morgan fingerprint density at radius 1 is 0.727 bits per heavy atom.